The van der Waals surface area contributed by atoms with E-state index in [1.165, 1.54) is 19.2 Å². The number of amides is 2. The van der Waals surface area contributed by atoms with Crippen molar-refractivity contribution in [1.29, 1.82) is 0 Å². The zero-order valence-electron chi connectivity index (χ0n) is 20.9. The fourth-order valence-corrected chi connectivity index (χ4v) is 5.03. The Labute approximate surface area is 204 Å². The zero-order chi connectivity index (χ0) is 25.2. The summed E-state index contributed by atoms with van der Waals surface area (Å²) in [7, 11) is 1.52. The molecule has 0 unspecified atom stereocenters. The molecule has 1 aromatic heterocycles. The standard InChI is InChI=1S/C25H36FN5O4/c1-25(2)6-11-30(12-7-25)22(32)16-29-9-4-17(5-10-29)31-21-15-19(26)18(14-20(21)28-24(31)34)23(33)27-8-13-35-3/h14-15,17H,4-13,16H2,1-3H3,(H,27,33)(H,28,34). The summed E-state index contributed by atoms with van der Waals surface area (Å²) in [6, 6.07) is 2.55. The number of methoxy groups -OCH3 is 1. The minimum Gasteiger partial charge on any atom is -0.383 e. The summed E-state index contributed by atoms with van der Waals surface area (Å²) in [5, 5.41) is 2.60. The lowest BCUT2D eigenvalue weighted by atomic mass is 9.82. The number of hydrogen-bond donors (Lipinski definition) is 2. The summed E-state index contributed by atoms with van der Waals surface area (Å²) in [6.07, 6.45) is 3.43. The van der Waals surface area contributed by atoms with Gasteiger partial charge in [-0.3, -0.25) is 19.1 Å². The molecular formula is C25H36FN5O4. The number of fused-ring (bicyclic) bond motifs is 1. The molecule has 2 fully saturated rings. The van der Waals surface area contributed by atoms with Gasteiger partial charge >= 0.3 is 5.69 Å². The summed E-state index contributed by atoms with van der Waals surface area (Å²) in [5.41, 5.74) is 0.749. The lowest BCUT2D eigenvalue weighted by Gasteiger charge is -2.38. The van der Waals surface area contributed by atoms with E-state index in [4.69, 9.17) is 4.74 Å². The SMILES string of the molecule is COCCNC(=O)c1cc2[nH]c(=O)n(C3CCN(CC(=O)N4CCC(C)(C)CC4)CC3)c2cc1F. The van der Waals surface area contributed by atoms with Gasteiger partial charge in [0.2, 0.25) is 5.91 Å². The molecule has 9 nitrogen and oxygen atoms in total. The molecule has 0 saturated carbocycles. The Hall–Kier alpha value is -2.72. The Kier molecular flexibility index (Phi) is 7.61. The monoisotopic (exact) mass is 489 g/mol. The molecule has 2 aliphatic heterocycles. The quantitative estimate of drug-likeness (QED) is 0.581. The maximum atomic E-state index is 14.8. The van der Waals surface area contributed by atoms with Crippen LogP contribution in [0.5, 0.6) is 0 Å². The highest BCUT2D eigenvalue weighted by Gasteiger charge is 2.30. The number of ether oxygens (including phenoxy) is 1. The first-order valence-electron chi connectivity index (χ1n) is 12.4. The van der Waals surface area contributed by atoms with E-state index in [-0.39, 0.29) is 29.7 Å². The van der Waals surface area contributed by atoms with Crippen molar-refractivity contribution in [2.75, 3.05) is 53.0 Å². The van der Waals surface area contributed by atoms with E-state index in [0.29, 0.717) is 55.5 Å². The summed E-state index contributed by atoms with van der Waals surface area (Å²) in [4.78, 5) is 44.7. The second kappa shape index (κ2) is 10.5. The van der Waals surface area contributed by atoms with E-state index in [0.717, 1.165) is 25.9 Å². The molecule has 2 amide bonds. The second-order valence-electron chi connectivity index (χ2n) is 10.5. The van der Waals surface area contributed by atoms with Gasteiger partial charge in [0, 0.05) is 51.9 Å². The highest BCUT2D eigenvalue weighted by molar-refractivity contribution is 5.97. The predicted octanol–water partition coefficient (Wildman–Crippen LogP) is 2.13. The lowest BCUT2D eigenvalue weighted by molar-refractivity contribution is -0.134. The molecule has 2 N–H and O–H groups in total. The molecule has 1 aromatic carbocycles. The summed E-state index contributed by atoms with van der Waals surface area (Å²) < 4.78 is 21.3. The van der Waals surface area contributed by atoms with E-state index in [2.05, 4.69) is 29.0 Å². The molecule has 0 radical (unpaired) electrons. The highest BCUT2D eigenvalue weighted by Crippen LogP contribution is 2.30. The third-order valence-corrected chi connectivity index (χ3v) is 7.39. The van der Waals surface area contributed by atoms with Crippen molar-refractivity contribution in [1.82, 2.24) is 24.7 Å². The third kappa shape index (κ3) is 5.75. The van der Waals surface area contributed by atoms with E-state index in [1.54, 1.807) is 4.57 Å². The number of halogens is 1. The molecule has 0 aliphatic carbocycles. The number of nitrogens with one attached hydrogen (secondary N) is 2. The van der Waals surface area contributed by atoms with Gasteiger partial charge in [0.25, 0.3) is 5.91 Å². The number of benzene rings is 1. The average Bonchev–Trinajstić information content (AvgIpc) is 3.13. The Morgan fingerprint density at radius 1 is 1.17 bits per heavy atom. The molecule has 4 rings (SSSR count). The van der Waals surface area contributed by atoms with Crippen LogP contribution in [0.15, 0.2) is 16.9 Å². The second-order valence-corrected chi connectivity index (χ2v) is 10.5. The Morgan fingerprint density at radius 3 is 2.51 bits per heavy atom. The van der Waals surface area contributed by atoms with Crippen LogP contribution < -0.4 is 11.0 Å². The molecule has 0 atom stereocenters. The maximum Gasteiger partial charge on any atom is 0.326 e. The molecule has 2 aliphatic rings. The Morgan fingerprint density at radius 2 is 1.86 bits per heavy atom. The van der Waals surface area contributed by atoms with Crippen molar-refractivity contribution in [3.8, 4) is 0 Å². The van der Waals surface area contributed by atoms with Crippen LogP contribution >= 0.6 is 0 Å². The van der Waals surface area contributed by atoms with Gasteiger partial charge in [-0.15, -0.1) is 0 Å². The molecule has 2 aromatic rings. The van der Waals surface area contributed by atoms with Crippen molar-refractivity contribution in [2.45, 2.75) is 45.6 Å². The molecule has 3 heterocycles. The molecule has 10 heteroatoms. The number of imidazole rings is 1. The highest BCUT2D eigenvalue weighted by atomic mass is 19.1. The van der Waals surface area contributed by atoms with Gasteiger partial charge in [-0.25, -0.2) is 9.18 Å². The van der Waals surface area contributed by atoms with Gasteiger partial charge in [0.05, 0.1) is 29.7 Å². The molecule has 35 heavy (non-hydrogen) atoms. The van der Waals surface area contributed by atoms with Crippen LogP contribution in [0.1, 0.15) is 55.9 Å². The van der Waals surface area contributed by atoms with Crippen LogP contribution in [0.3, 0.4) is 0 Å². The van der Waals surface area contributed by atoms with Gasteiger partial charge in [-0.05, 0) is 37.2 Å². The molecular weight excluding hydrogens is 453 g/mol. The first-order valence-corrected chi connectivity index (χ1v) is 12.4. The van der Waals surface area contributed by atoms with Gasteiger partial charge in [0.1, 0.15) is 5.82 Å². The van der Waals surface area contributed by atoms with E-state index < -0.39 is 11.7 Å². The van der Waals surface area contributed by atoms with Crippen LogP contribution in [0.2, 0.25) is 0 Å². The van der Waals surface area contributed by atoms with Crippen LogP contribution in [-0.2, 0) is 9.53 Å². The fourth-order valence-electron chi connectivity index (χ4n) is 5.03. The van der Waals surface area contributed by atoms with Crippen molar-refractivity contribution in [3.63, 3.8) is 0 Å². The number of hydrogen-bond acceptors (Lipinski definition) is 5. The number of aromatic amines is 1. The van der Waals surface area contributed by atoms with Crippen LogP contribution in [0, 0.1) is 11.2 Å². The smallest absolute Gasteiger partial charge is 0.326 e. The molecule has 192 valence electrons. The normalized spacial score (nSPS) is 19.3. The van der Waals surface area contributed by atoms with Gasteiger partial charge in [-0.1, -0.05) is 13.8 Å². The fraction of sp³-hybridized carbons (Fsp3) is 0.640. The van der Waals surface area contributed by atoms with Gasteiger partial charge in [0.15, 0.2) is 0 Å². The largest absolute Gasteiger partial charge is 0.383 e. The number of carbonyl (C=O) groups excluding carboxylic acids is 2. The number of carbonyl (C=O) groups is 2. The van der Waals surface area contributed by atoms with Crippen molar-refractivity contribution < 1.29 is 18.7 Å². The minimum absolute atomic E-state index is 0.0980. The summed E-state index contributed by atoms with van der Waals surface area (Å²) in [5.74, 6) is -1.06. The topological polar surface area (TPSA) is 99.7 Å². The van der Waals surface area contributed by atoms with E-state index >= 15 is 0 Å². The molecule has 0 bridgehead atoms. The first kappa shape index (κ1) is 25.4. The van der Waals surface area contributed by atoms with Crippen LogP contribution in [-0.4, -0.2) is 84.2 Å². The van der Waals surface area contributed by atoms with E-state index in [9.17, 15) is 18.8 Å². The minimum atomic E-state index is -0.673. The van der Waals surface area contributed by atoms with Crippen LogP contribution in [0.25, 0.3) is 11.0 Å². The van der Waals surface area contributed by atoms with Gasteiger partial charge < -0.3 is 19.9 Å². The third-order valence-electron chi connectivity index (χ3n) is 7.39. The van der Waals surface area contributed by atoms with E-state index in [1.807, 2.05) is 4.90 Å². The number of aromatic nitrogens is 2. The van der Waals surface area contributed by atoms with Crippen molar-refractivity contribution in [3.05, 3.63) is 34.0 Å². The Balaban J connectivity index is 1.39. The van der Waals surface area contributed by atoms with Crippen LogP contribution in [0.4, 0.5) is 4.39 Å². The number of H-pyrrole nitrogens is 1. The van der Waals surface area contributed by atoms with Crippen molar-refractivity contribution in [2.24, 2.45) is 5.41 Å². The molecule has 2 saturated heterocycles. The maximum absolute atomic E-state index is 14.8. The summed E-state index contributed by atoms with van der Waals surface area (Å²) >= 11 is 0. The average molecular weight is 490 g/mol. The zero-order valence-corrected chi connectivity index (χ0v) is 20.9. The predicted molar refractivity (Wildman–Crippen MR) is 131 cm³/mol. The number of likely N-dealkylation sites (tertiary alicyclic amines) is 2. The number of rotatable bonds is 7. The first-order chi connectivity index (χ1) is 16.7. The molecule has 0 spiro atoms. The van der Waals surface area contributed by atoms with Gasteiger partial charge in [-0.2, -0.15) is 0 Å². The number of nitrogens with zero attached hydrogens (tertiary/aromatic N) is 3. The Bertz CT molecular complexity index is 1120. The summed E-state index contributed by atoms with van der Waals surface area (Å²) in [6.45, 7) is 8.48. The lowest BCUT2D eigenvalue weighted by Crippen LogP contribution is -2.47. The number of piperidine rings is 2. The van der Waals surface area contributed by atoms with Crippen molar-refractivity contribution >= 4 is 22.8 Å².